The average molecular weight is 255 g/mol. The van der Waals surface area contributed by atoms with E-state index in [0.717, 1.165) is 0 Å². The van der Waals surface area contributed by atoms with Crippen molar-refractivity contribution in [3.8, 4) is 0 Å². The van der Waals surface area contributed by atoms with Gasteiger partial charge in [0, 0.05) is 17.4 Å². The van der Waals surface area contributed by atoms with Gasteiger partial charge in [0.1, 0.15) is 11.4 Å². The van der Waals surface area contributed by atoms with Gasteiger partial charge in [-0.1, -0.05) is 13.8 Å². The maximum absolute atomic E-state index is 11.8. The molecule has 1 aliphatic rings. The number of nitrogens with one attached hydrogen (secondary N) is 1. The van der Waals surface area contributed by atoms with Crippen molar-refractivity contribution in [2.75, 3.05) is 0 Å². The second-order valence-corrected chi connectivity index (χ2v) is 7.17. The average Bonchev–Trinajstić information content (AvgIpc) is 2.07. The van der Waals surface area contributed by atoms with Gasteiger partial charge >= 0.3 is 6.09 Å². The normalized spacial score (nSPS) is 27.8. The summed E-state index contributed by atoms with van der Waals surface area (Å²) in [6, 6.07) is 0. The Morgan fingerprint density at radius 1 is 1.28 bits per heavy atom. The smallest absolute Gasteiger partial charge is 0.408 e. The standard InChI is InChI=1S/C14H25NO3/c1-12(2,3)18-11(17)15-14(6)8-7-10(16)13(4,5)9-14/h7-9H2,1-6H3,(H,15,17). The first-order chi connectivity index (χ1) is 7.94. The van der Waals surface area contributed by atoms with Gasteiger partial charge in [0.25, 0.3) is 0 Å². The van der Waals surface area contributed by atoms with Crippen LogP contribution in [-0.4, -0.2) is 23.0 Å². The number of ketones is 1. The predicted octanol–water partition coefficient (Wildman–Crippen LogP) is 3.05. The highest BCUT2D eigenvalue weighted by Gasteiger charge is 2.43. The molecule has 4 heteroatoms. The van der Waals surface area contributed by atoms with Crippen LogP contribution in [0.4, 0.5) is 4.79 Å². The predicted molar refractivity (Wildman–Crippen MR) is 70.4 cm³/mol. The largest absolute Gasteiger partial charge is 0.444 e. The van der Waals surface area contributed by atoms with Crippen LogP contribution in [0.5, 0.6) is 0 Å². The van der Waals surface area contributed by atoms with Gasteiger partial charge < -0.3 is 10.1 Å². The van der Waals surface area contributed by atoms with Crippen LogP contribution in [0, 0.1) is 5.41 Å². The van der Waals surface area contributed by atoms with E-state index in [4.69, 9.17) is 4.74 Å². The molecule has 18 heavy (non-hydrogen) atoms. The van der Waals surface area contributed by atoms with Gasteiger partial charge in [-0.25, -0.2) is 4.79 Å². The van der Waals surface area contributed by atoms with Crippen molar-refractivity contribution in [3.05, 3.63) is 0 Å². The Bertz CT molecular complexity index is 355. The lowest BCUT2D eigenvalue weighted by molar-refractivity contribution is -0.131. The van der Waals surface area contributed by atoms with E-state index in [9.17, 15) is 9.59 Å². The van der Waals surface area contributed by atoms with E-state index in [0.29, 0.717) is 19.3 Å². The number of ether oxygens (including phenoxy) is 1. The SMILES string of the molecule is CC1(NC(=O)OC(C)(C)C)CCC(=O)C(C)(C)C1. The fourth-order valence-electron chi connectivity index (χ4n) is 2.55. The number of hydrogen-bond donors (Lipinski definition) is 1. The first-order valence-corrected chi connectivity index (χ1v) is 6.48. The minimum absolute atomic E-state index is 0.269. The van der Waals surface area contributed by atoms with Crippen molar-refractivity contribution in [1.29, 1.82) is 0 Å². The van der Waals surface area contributed by atoms with Crippen LogP contribution < -0.4 is 5.32 Å². The molecule has 1 rings (SSSR count). The number of rotatable bonds is 1. The summed E-state index contributed by atoms with van der Waals surface area (Å²) in [6.07, 6.45) is 1.43. The van der Waals surface area contributed by atoms with E-state index in [2.05, 4.69) is 5.32 Å². The Balaban J connectivity index is 2.66. The van der Waals surface area contributed by atoms with Crippen LogP contribution in [0.1, 0.15) is 60.8 Å². The van der Waals surface area contributed by atoms with Crippen LogP contribution in [0.2, 0.25) is 0 Å². The van der Waals surface area contributed by atoms with Crippen LogP contribution in [0.15, 0.2) is 0 Å². The Morgan fingerprint density at radius 2 is 1.83 bits per heavy atom. The molecule has 0 aromatic carbocycles. The Hall–Kier alpha value is -1.06. The lowest BCUT2D eigenvalue weighted by Gasteiger charge is -2.42. The zero-order valence-electron chi connectivity index (χ0n) is 12.3. The first kappa shape index (κ1) is 15.0. The van der Waals surface area contributed by atoms with Crippen LogP contribution in [0.3, 0.4) is 0 Å². The summed E-state index contributed by atoms with van der Waals surface area (Å²) < 4.78 is 5.27. The quantitative estimate of drug-likeness (QED) is 0.783. The fourth-order valence-corrected chi connectivity index (χ4v) is 2.55. The number of hydrogen-bond acceptors (Lipinski definition) is 3. The number of carbonyl (C=O) groups is 2. The molecule has 0 aliphatic heterocycles. The molecule has 0 aromatic heterocycles. The van der Waals surface area contributed by atoms with Crippen LogP contribution in [0.25, 0.3) is 0 Å². The van der Waals surface area contributed by atoms with Crippen molar-refractivity contribution in [2.24, 2.45) is 5.41 Å². The molecule has 1 unspecified atom stereocenters. The van der Waals surface area contributed by atoms with E-state index in [-0.39, 0.29) is 16.7 Å². The molecule has 0 saturated heterocycles. The summed E-state index contributed by atoms with van der Waals surface area (Å²) in [6.45, 7) is 11.4. The van der Waals surface area contributed by atoms with Gasteiger partial charge in [-0.3, -0.25) is 4.79 Å². The fraction of sp³-hybridized carbons (Fsp3) is 0.857. The topological polar surface area (TPSA) is 55.4 Å². The molecule has 1 amide bonds. The van der Waals surface area contributed by atoms with Gasteiger partial charge in [0.2, 0.25) is 0 Å². The van der Waals surface area contributed by atoms with E-state index in [1.54, 1.807) is 0 Å². The van der Waals surface area contributed by atoms with Gasteiger partial charge in [-0.05, 0) is 40.5 Å². The highest BCUT2D eigenvalue weighted by molar-refractivity contribution is 5.85. The molecule has 1 saturated carbocycles. The van der Waals surface area contributed by atoms with Crippen molar-refractivity contribution in [3.63, 3.8) is 0 Å². The third-order valence-corrected chi connectivity index (χ3v) is 3.29. The maximum Gasteiger partial charge on any atom is 0.408 e. The van der Waals surface area contributed by atoms with Crippen LogP contribution in [-0.2, 0) is 9.53 Å². The van der Waals surface area contributed by atoms with Gasteiger partial charge in [0.15, 0.2) is 0 Å². The first-order valence-electron chi connectivity index (χ1n) is 6.48. The van der Waals surface area contributed by atoms with E-state index >= 15 is 0 Å². The lowest BCUT2D eigenvalue weighted by atomic mass is 9.68. The molecule has 4 nitrogen and oxygen atoms in total. The van der Waals surface area contributed by atoms with Gasteiger partial charge in [-0.2, -0.15) is 0 Å². The highest BCUT2D eigenvalue weighted by Crippen LogP contribution is 2.38. The number of carbonyl (C=O) groups excluding carboxylic acids is 2. The summed E-state index contributed by atoms with van der Waals surface area (Å²) >= 11 is 0. The van der Waals surface area contributed by atoms with Gasteiger partial charge in [-0.15, -0.1) is 0 Å². The third kappa shape index (κ3) is 4.00. The maximum atomic E-state index is 11.8. The summed E-state index contributed by atoms with van der Waals surface area (Å²) in [5, 5.41) is 2.91. The summed E-state index contributed by atoms with van der Waals surface area (Å²) in [7, 11) is 0. The van der Waals surface area contributed by atoms with Gasteiger partial charge in [0.05, 0.1) is 0 Å². The Labute approximate surface area is 109 Å². The zero-order chi connectivity index (χ0) is 14.2. The molecule has 0 bridgehead atoms. The van der Waals surface area contributed by atoms with E-state index < -0.39 is 11.7 Å². The summed E-state index contributed by atoms with van der Waals surface area (Å²) in [5.41, 5.74) is -1.23. The number of Topliss-reactive ketones (excluding diaryl/α,β-unsaturated/α-hetero) is 1. The minimum atomic E-state index is -0.500. The summed E-state index contributed by atoms with van der Waals surface area (Å²) in [4.78, 5) is 23.6. The lowest BCUT2D eigenvalue weighted by Crippen LogP contribution is -2.54. The second-order valence-electron chi connectivity index (χ2n) is 7.17. The third-order valence-electron chi connectivity index (χ3n) is 3.29. The molecule has 0 aromatic rings. The van der Waals surface area contributed by atoms with E-state index in [1.807, 2.05) is 41.5 Å². The molecule has 104 valence electrons. The van der Waals surface area contributed by atoms with Crippen LogP contribution >= 0.6 is 0 Å². The molecule has 1 atom stereocenters. The number of amides is 1. The zero-order valence-corrected chi connectivity index (χ0v) is 12.3. The highest BCUT2D eigenvalue weighted by atomic mass is 16.6. The Morgan fingerprint density at radius 3 is 2.28 bits per heavy atom. The Kier molecular flexibility index (Phi) is 3.80. The molecule has 1 aliphatic carbocycles. The molecule has 0 heterocycles. The number of alkyl carbamates (subject to hydrolysis) is 1. The monoisotopic (exact) mass is 255 g/mol. The van der Waals surface area contributed by atoms with E-state index in [1.165, 1.54) is 0 Å². The summed E-state index contributed by atoms with van der Waals surface area (Å²) in [5.74, 6) is 0.269. The minimum Gasteiger partial charge on any atom is -0.444 e. The van der Waals surface area contributed by atoms with Crippen molar-refractivity contribution in [1.82, 2.24) is 5.32 Å². The molecular formula is C14H25NO3. The van der Waals surface area contributed by atoms with Crippen molar-refractivity contribution < 1.29 is 14.3 Å². The molecule has 1 fully saturated rings. The molecular weight excluding hydrogens is 230 g/mol. The molecule has 0 spiro atoms. The van der Waals surface area contributed by atoms with Crippen molar-refractivity contribution in [2.45, 2.75) is 71.9 Å². The molecule has 0 radical (unpaired) electrons. The molecule has 1 N–H and O–H groups in total. The second kappa shape index (κ2) is 4.56. The van der Waals surface area contributed by atoms with Crippen molar-refractivity contribution >= 4 is 11.9 Å².